The lowest BCUT2D eigenvalue weighted by molar-refractivity contribution is 0.680. The van der Waals surface area contributed by atoms with Crippen LogP contribution in [-0.2, 0) is 0 Å². The number of aromatic nitrogens is 1. The van der Waals surface area contributed by atoms with Gasteiger partial charge in [-0.25, -0.2) is 0 Å². The Kier molecular flexibility index (Phi) is 4.15. The summed E-state index contributed by atoms with van der Waals surface area (Å²) >= 11 is 3.51. The summed E-state index contributed by atoms with van der Waals surface area (Å²) in [5.74, 6) is 0. The summed E-state index contributed by atoms with van der Waals surface area (Å²) in [6, 6.07) is 8.62. The summed E-state index contributed by atoms with van der Waals surface area (Å²) in [5, 5.41) is 3.38. The van der Waals surface area contributed by atoms with Crippen molar-refractivity contribution in [1.82, 2.24) is 10.3 Å². The standard InChI is InChI=1S/C15H17BrN2/c1-10-6-7-18-9-14(10)15(17-3)13-5-4-12(16)8-11(13)2/h4-9,15,17H,1-3H3. The van der Waals surface area contributed by atoms with Gasteiger partial charge in [-0.1, -0.05) is 22.0 Å². The van der Waals surface area contributed by atoms with Gasteiger partial charge in [0.15, 0.2) is 0 Å². The van der Waals surface area contributed by atoms with E-state index in [0.29, 0.717) is 0 Å². The van der Waals surface area contributed by atoms with E-state index < -0.39 is 0 Å². The molecule has 1 atom stereocenters. The average Bonchev–Trinajstić information content (AvgIpc) is 2.34. The van der Waals surface area contributed by atoms with E-state index in [1.807, 2.05) is 25.5 Å². The molecule has 2 aromatic rings. The summed E-state index contributed by atoms with van der Waals surface area (Å²) in [6.07, 6.45) is 3.78. The second-order valence-corrected chi connectivity index (χ2v) is 5.37. The summed E-state index contributed by atoms with van der Waals surface area (Å²) in [4.78, 5) is 4.24. The average molecular weight is 305 g/mol. The Bertz CT molecular complexity index is 552. The number of halogens is 1. The van der Waals surface area contributed by atoms with Gasteiger partial charge in [-0.3, -0.25) is 4.98 Å². The van der Waals surface area contributed by atoms with Crippen LogP contribution >= 0.6 is 15.9 Å². The molecule has 1 N–H and O–H groups in total. The second-order valence-electron chi connectivity index (χ2n) is 4.45. The van der Waals surface area contributed by atoms with Gasteiger partial charge in [0.1, 0.15) is 0 Å². The first-order chi connectivity index (χ1) is 8.63. The zero-order valence-corrected chi connectivity index (χ0v) is 12.5. The number of hydrogen-bond donors (Lipinski definition) is 1. The molecule has 0 aliphatic rings. The molecule has 94 valence electrons. The lowest BCUT2D eigenvalue weighted by atomic mass is 9.94. The summed E-state index contributed by atoms with van der Waals surface area (Å²) < 4.78 is 1.11. The van der Waals surface area contributed by atoms with Gasteiger partial charge in [0.25, 0.3) is 0 Å². The Morgan fingerprint density at radius 1 is 1.11 bits per heavy atom. The Labute approximate surface area is 117 Å². The number of aryl methyl sites for hydroxylation is 2. The minimum absolute atomic E-state index is 0.187. The van der Waals surface area contributed by atoms with Crippen molar-refractivity contribution < 1.29 is 0 Å². The van der Waals surface area contributed by atoms with Crippen LogP contribution in [0.4, 0.5) is 0 Å². The molecule has 0 radical (unpaired) electrons. The van der Waals surface area contributed by atoms with Crippen LogP contribution in [0.3, 0.4) is 0 Å². The zero-order valence-electron chi connectivity index (χ0n) is 10.9. The van der Waals surface area contributed by atoms with Gasteiger partial charge in [0, 0.05) is 16.9 Å². The normalized spacial score (nSPS) is 12.4. The van der Waals surface area contributed by atoms with Crippen molar-refractivity contribution in [3.05, 3.63) is 63.4 Å². The number of hydrogen-bond acceptors (Lipinski definition) is 2. The molecule has 3 heteroatoms. The zero-order chi connectivity index (χ0) is 13.1. The predicted octanol–water partition coefficient (Wildman–Crippen LogP) is 3.77. The van der Waals surface area contributed by atoms with Gasteiger partial charge in [-0.2, -0.15) is 0 Å². The topological polar surface area (TPSA) is 24.9 Å². The Morgan fingerprint density at radius 3 is 2.50 bits per heavy atom. The maximum Gasteiger partial charge on any atom is 0.0594 e. The summed E-state index contributed by atoms with van der Waals surface area (Å²) in [7, 11) is 1.98. The van der Waals surface area contributed by atoms with E-state index in [2.05, 4.69) is 58.3 Å². The van der Waals surface area contributed by atoms with Crippen molar-refractivity contribution in [1.29, 1.82) is 0 Å². The first kappa shape index (κ1) is 13.2. The highest BCUT2D eigenvalue weighted by atomic mass is 79.9. The van der Waals surface area contributed by atoms with Crippen molar-refractivity contribution >= 4 is 15.9 Å². The molecule has 1 unspecified atom stereocenters. The van der Waals surface area contributed by atoms with Crippen LogP contribution in [0.2, 0.25) is 0 Å². The molecule has 2 rings (SSSR count). The van der Waals surface area contributed by atoms with Gasteiger partial charge in [-0.15, -0.1) is 0 Å². The number of rotatable bonds is 3. The van der Waals surface area contributed by atoms with Crippen molar-refractivity contribution in [2.75, 3.05) is 7.05 Å². The molecule has 0 aliphatic heterocycles. The van der Waals surface area contributed by atoms with Crippen LogP contribution in [0.1, 0.15) is 28.3 Å². The first-order valence-electron chi connectivity index (χ1n) is 5.97. The highest BCUT2D eigenvalue weighted by Crippen LogP contribution is 2.28. The third-order valence-corrected chi connectivity index (χ3v) is 3.72. The van der Waals surface area contributed by atoms with Crippen molar-refractivity contribution in [2.45, 2.75) is 19.9 Å². The van der Waals surface area contributed by atoms with Crippen LogP contribution in [0.5, 0.6) is 0 Å². The van der Waals surface area contributed by atoms with Crippen LogP contribution in [0.15, 0.2) is 41.1 Å². The maximum absolute atomic E-state index is 4.24. The lowest BCUT2D eigenvalue weighted by Crippen LogP contribution is -2.19. The monoisotopic (exact) mass is 304 g/mol. The molecule has 1 aromatic heterocycles. The molecular weight excluding hydrogens is 288 g/mol. The maximum atomic E-state index is 4.24. The van der Waals surface area contributed by atoms with E-state index in [4.69, 9.17) is 0 Å². The number of pyridine rings is 1. The highest BCUT2D eigenvalue weighted by molar-refractivity contribution is 9.10. The van der Waals surface area contributed by atoms with Gasteiger partial charge < -0.3 is 5.32 Å². The molecular formula is C15H17BrN2. The van der Waals surface area contributed by atoms with Gasteiger partial charge in [0.05, 0.1) is 6.04 Å². The van der Waals surface area contributed by atoms with Crippen LogP contribution < -0.4 is 5.32 Å². The Balaban J connectivity index is 2.49. The van der Waals surface area contributed by atoms with E-state index in [0.717, 1.165) is 4.47 Å². The highest BCUT2D eigenvalue weighted by Gasteiger charge is 2.16. The predicted molar refractivity (Wildman–Crippen MR) is 78.8 cm³/mol. The quantitative estimate of drug-likeness (QED) is 0.933. The van der Waals surface area contributed by atoms with Crippen molar-refractivity contribution in [3.63, 3.8) is 0 Å². The first-order valence-corrected chi connectivity index (χ1v) is 6.76. The molecule has 0 bridgehead atoms. The smallest absolute Gasteiger partial charge is 0.0594 e. The fraction of sp³-hybridized carbons (Fsp3) is 0.267. The van der Waals surface area contributed by atoms with Gasteiger partial charge in [-0.05, 0) is 61.3 Å². The largest absolute Gasteiger partial charge is 0.309 e. The molecule has 2 nitrogen and oxygen atoms in total. The van der Waals surface area contributed by atoms with Crippen molar-refractivity contribution in [3.8, 4) is 0 Å². The summed E-state index contributed by atoms with van der Waals surface area (Å²) in [6.45, 7) is 4.26. The van der Waals surface area contributed by atoms with Crippen LogP contribution in [-0.4, -0.2) is 12.0 Å². The van der Waals surface area contributed by atoms with Crippen LogP contribution in [0, 0.1) is 13.8 Å². The fourth-order valence-electron chi connectivity index (χ4n) is 2.22. The molecule has 0 fully saturated rings. The minimum Gasteiger partial charge on any atom is -0.309 e. The van der Waals surface area contributed by atoms with Crippen molar-refractivity contribution in [2.24, 2.45) is 0 Å². The minimum atomic E-state index is 0.187. The van der Waals surface area contributed by atoms with E-state index in [-0.39, 0.29) is 6.04 Å². The van der Waals surface area contributed by atoms with Crippen LogP contribution in [0.25, 0.3) is 0 Å². The molecule has 18 heavy (non-hydrogen) atoms. The van der Waals surface area contributed by atoms with E-state index in [9.17, 15) is 0 Å². The SMILES string of the molecule is CNC(c1ccc(Br)cc1C)c1cnccc1C. The number of nitrogens with zero attached hydrogens (tertiary/aromatic N) is 1. The third kappa shape index (κ3) is 2.62. The molecule has 0 aliphatic carbocycles. The third-order valence-electron chi connectivity index (χ3n) is 3.22. The Morgan fingerprint density at radius 2 is 1.89 bits per heavy atom. The molecule has 0 saturated carbocycles. The number of nitrogens with one attached hydrogen (secondary N) is 1. The molecule has 1 heterocycles. The lowest BCUT2D eigenvalue weighted by Gasteiger charge is -2.21. The van der Waals surface area contributed by atoms with Gasteiger partial charge >= 0.3 is 0 Å². The van der Waals surface area contributed by atoms with E-state index in [1.54, 1.807) is 0 Å². The van der Waals surface area contributed by atoms with Gasteiger partial charge in [0.2, 0.25) is 0 Å². The van der Waals surface area contributed by atoms with E-state index >= 15 is 0 Å². The van der Waals surface area contributed by atoms with E-state index in [1.165, 1.54) is 22.3 Å². The molecule has 0 amide bonds. The molecule has 0 spiro atoms. The fourth-order valence-corrected chi connectivity index (χ4v) is 2.70. The molecule has 1 aromatic carbocycles. The summed E-state index contributed by atoms with van der Waals surface area (Å²) in [5.41, 5.74) is 5.04. The second kappa shape index (κ2) is 5.63. The Hall–Kier alpha value is -1.19. The number of benzene rings is 1. The molecule has 0 saturated heterocycles.